The number of anilines is 2. The van der Waals surface area contributed by atoms with Crippen molar-refractivity contribution in [1.29, 1.82) is 0 Å². The molecule has 1 atom stereocenters. The van der Waals surface area contributed by atoms with E-state index in [-0.39, 0.29) is 5.82 Å². The first-order chi connectivity index (χ1) is 10.0. The van der Waals surface area contributed by atoms with E-state index < -0.39 is 0 Å². The van der Waals surface area contributed by atoms with Crippen LogP contribution in [0.3, 0.4) is 0 Å². The average molecular weight is 290 g/mol. The summed E-state index contributed by atoms with van der Waals surface area (Å²) < 4.78 is 14.3. The van der Waals surface area contributed by atoms with Gasteiger partial charge in [0, 0.05) is 24.8 Å². The van der Waals surface area contributed by atoms with Crippen LogP contribution in [0.5, 0.6) is 0 Å². The van der Waals surface area contributed by atoms with E-state index in [1.807, 2.05) is 12.1 Å². The Hall–Kier alpha value is -1.25. The average Bonchev–Trinajstić information content (AvgIpc) is 2.91. The zero-order valence-corrected chi connectivity index (χ0v) is 13.3. The number of halogens is 1. The first-order valence-electron chi connectivity index (χ1n) is 8.35. The molecule has 2 aliphatic rings. The van der Waals surface area contributed by atoms with Gasteiger partial charge in [0.25, 0.3) is 0 Å². The van der Waals surface area contributed by atoms with E-state index in [4.69, 9.17) is 0 Å². The number of nitrogens with one attached hydrogen (secondary N) is 1. The van der Waals surface area contributed by atoms with Crippen molar-refractivity contribution in [3.05, 3.63) is 24.0 Å². The molecule has 1 saturated carbocycles. The van der Waals surface area contributed by atoms with Crippen molar-refractivity contribution in [2.24, 2.45) is 5.41 Å². The highest BCUT2D eigenvalue weighted by atomic mass is 19.1. The van der Waals surface area contributed by atoms with Crippen molar-refractivity contribution in [2.75, 3.05) is 23.3 Å². The molecule has 1 aromatic carbocycles. The van der Waals surface area contributed by atoms with Crippen molar-refractivity contribution in [2.45, 2.75) is 58.4 Å². The lowest BCUT2D eigenvalue weighted by atomic mass is 9.75. The van der Waals surface area contributed by atoms with Crippen LogP contribution in [0.2, 0.25) is 0 Å². The van der Waals surface area contributed by atoms with Crippen LogP contribution in [0.15, 0.2) is 18.2 Å². The molecular weight excluding hydrogens is 263 g/mol. The van der Waals surface area contributed by atoms with Gasteiger partial charge in [-0.1, -0.05) is 20.3 Å². The molecule has 0 radical (unpaired) electrons. The third-order valence-corrected chi connectivity index (χ3v) is 4.97. The molecule has 2 fully saturated rings. The van der Waals surface area contributed by atoms with Gasteiger partial charge < -0.3 is 10.2 Å². The van der Waals surface area contributed by atoms with Gasteiger partial charge in [-0.15, -0.1) is 0 Å². The fraction of sp³-hybridized carbons (Fsp3) is 0.667. The Bertz CT molecular complexity index is 492. The Kier molecular flexibility index (Phi) is 4.10. The summed E-state index contributed by atoms with van der Waals surface area (Å²) in [7, 11) is 0. The minimum Gasteiger partial charge on any atom is -0.382 e. The fourth-order valence-corrected chi connectivity index (χ4v) is 3.87. The number of rotatable bonds is 3. The highest BCUT2D eigenvalue weighted by Crippen LogP contribution is 2.36. The minimum absolute atomic E-state index is 0.0861. The van der Waals surface area contributed by atoms with E-state index in [9.17, 15) is 4.39 Å². The second-order valence-corrected chi connectivity index (χ2v) is 7.46. The summed E-state index contributed by atoms with van der Waals surface area (Å²) in [5.41, 5.74) is 2.10. The van der Waals surface area contributed by atoms with Gasteiger partial charge >= 0.3 is 0 Å². The van der Waals surface area contributed by atoms with E-state index in [0.717, 1.165) is 24.5 Å². The first kappa shape index (κ1) is 14.7. The molecule has 21 heavy (non-hydrogen) atoms. The van der Waals surface area contributed by atoms with Crippen molar-refractivity contribution >= 4 is 11.4 Å². The molecule has 0 amide bonds. The highest BCUT2D eigenvalue weighted by Gasteiger charge is 2.28. The Balaban J connectivity index is 1.67. The van der Waals surface area contributed by atoms with E-state index in [1.165, 1.54) is 38.5 Å². The molecule has 1 saturated heterocycles. The van der Waals surface area contributed by atoms with Crippen molar-refractivity contribution in [1.82, 2.24) is 0 Å². The van der Waals surface area contributed by atoms with Gasteiger partial charge in [0.1, 0.15) is 5.82 Å². The summed E-state index contributed by atoms with van der Waals surface area (Å²) >= 11 is 0. The molecular formula is C18H27FN2. The maximum absolute atomic E-state index is 14.3. The van der Waals surface area contributed by atoms with Gasteiger partial charge in [0.05, 0.1) is 5.69 Å². The third kappa shape index (κ3) is 3.50. The molecule has 0 spiro atoms. The maximum atomic E-state index is 14.3. The lowest BCUT2D eigenvalue weighted by Crippen LogP contribution is -2.31. The lowest BCUT2D eigenvalue weighted by Gasteiger charge is -2.36. The normalized spacial score (nSPS) is 25.1. The molecule has 2 nitrogen and oxygen atoms in total. The lowest BCUT2D eigenvalue weighted by molar-refractivity contribution is 0.229. The van der Waals surface area contributed by atoms with E-state index in [1.54, 1.807) is 6.07 Å². The Morgan fingerprint density at radius 1 is 1.19 bits per heavy atom. The molecule has 3 rings (SSSR count). The largest absolute Gasteiger partial charge is 0.382 e. The van der Waals surface area contributed by atoms with Crippen LogP contribution in [0.1, 0.15) is 52.4 Å². The molecule has 1 N–H and O–H groups in total. The zero-order chi connectivity index (χ0) is 14.9. The van der Waals surface area contributed by atoms with Crippen LogP contribution in [0, 0.1) is 11.2 Å². The summed E-state index contributed by atoms with van der Waals surface area (Å²) in [5.74, 6) is -0.0861. The van der Waals surface area contributed by atoms with Crippen LogP contribution < -0.4 is 10.2 Å². The molecule has 0 aromatic heterocycles. The van der Waals surface area contributed by atoms with E-state index in [2.05, 4.69) is 24.1 Å². The van der Waals surface area contributed by atoms with Crippen LogP contribution >= 0.6 is 0 Å². The van der Waals surface area contributed by atoms with Gasteiger partial charge in [0.15, 0.2) is 0 Å². The molecule has 0 bridgehead atoms. The van der Waals surface area contributed by atoms with Gasteiger partial charge in [-0.05, 0) is 55.7 Å². The zero-order valence-electron chi connectivity index (χ0n) is 13.3. The predicted octanol–water partition coefficient (Wildman–Crippen LogP) is 4.81. The Morgan fingerprint density at radius 2 is 1.95 bits per heavy atom. The quantitative estimate of drug-likeness (QED) is 0.859. The van der Waals surface area contributed by atoms with E-state index >= 15 is 0 Å². The molecule has 1 heterocycles. The smallest absolute Gasteiger partial charge is 0.148 e. The van der Waals surface area contributed by atoms with Gasteiger partial charge in [0.2, 0.25) is 0 Å². The number of hydrogen-bond donors (Lipinski definition) is 1. The Morgan fingerprint density at radius 3 is 2.62 bits per heavy atom. The van der Waals surface area contributed by atoms with Crippen molar-refractivity contribution < 1.29 is 4.39 Å². The molecule has 1 unspecified atom stereocenters. The number of hydrogen-bond acceptors (Lipinski definition) is 2. The second-order valence-electron chi connectivity index (χ2n) is 7.46. The molecule has 1 aromatic rings. The third-order valence-electron chi connectivity index (χ3n) is 4.97. The SMILES string of the molecule is CC1(C)CCCC(Nc2ccc(N3CCCC3)c(F)c2)C1. The molecule has 1 aliphatic carbocycles. The summed E-state index contributed by atoms with van der Waals surface area (Å²) in [6.07, 6.45) is 7.28. The molecule has 1 aliphatic heterocycles. The topological polar surface area (TPSA) is 15.3 Å². The van der Waals surface area contributed by atoms with Gasteiger partial charge in [-0.2, -0.15) is 0 Å². The monoisotopic (exact) mass is 290 g/mol. The summed E-state index contributed by atoms with van der Waals surface area (Å²) in [4.78, 5) is 2.16. The number of nitrogens with zero attached hydrogens (tertiary/aromatic N) is 1. The summed E-state index contributed by atoms with van der Waals surface area (Å²) in [5, 5.41) is 3.54. The fourth-order valence-electron chi connectivity index (χ4n) is 3.87. The van der Waals surface area contributed by atoms with Crippen LogP contribution in [-0.4, -0.2) is 19.1 Å². The summed E-state index contributed by atoms with van der Waals surface area (Å²) in [6, 6.07) is 6.13. The molecule has 3 heteroatoms. The Labute approximate surface area is 127 Å². The number of benzene rings is 1. The molecule has 116 valence electrons. The van der Waals surface area contributed by atoms with Crippen LogP contribution in [0.25, 0.3) is 0 Å². The van der Waals surface area contributed by atoms with E-state index in [0.29, 0.717) is 11.5 Å². The van der Waals surface area contributed by atoms with Crippen LogP contribution in [0.4, 0.5) is 15.8 Å². The standard InChI is InChI=1S/C18H27FN2/c1-18(2)9-5-6-15(13-18)20-14-7-8-17(16(19)12-14)21-10-3-4-11-21/h7-8,12,15,20H,3-6,9-11,13H2,1-2H3. The van der Waals surface area contributed by atoms with Crippen molar-refractivity contribution in [3.8, 4) is 0 Å². The van der Waals surface area contributed by atoms with Gasteiger partial charge in [-0.25, -0.2) is 4.39 Å². The minimum atomic E-state index is -0.0861. The van der Waals surface area contributed by atoms with Crippen LogP contribution in [-0.2, 0) is 0 Å². The second kappa shape index (κ2) is 5.86. The predicted molar refractivity (Wildman–Crippen MR) is 87.5 cm³/mol. The van der Waals surface area contributed by atoms with Crippen molar-refractivity contribution in [3.63, 3.8) is 0 Å². The first-order valence-corrected chi connectivity index (χ1v) is 8.35. The highest BCUT2D eigenvalue weighted by molar-refractivity contribution is 5.57. The van der Waals surface area contributed by atoms with Gasteiger partial charge in [-0.3, -0.25) is 0 Å². The summed E-state index contributed by atoms with van der Waals surface area (Å²) in [6.45, 7) is 6.64. The maximum Gasteiger partial charge on any atom is 0.148 e.